The molecule has 0 unspecified atom stereocenters. The van der Waals surface area contributed by atoms with Crippen molar-refractivity contribution in [1.29, 1.82) is 0 Å². The van der Waals surface area contributed by atoms with Gasteiger partial charge in [0.2, 0.25) is 0 Å². The molecule has 1 aromatic heterocycles. The second-order valence-electron chi connectivity index (χ2n) is 4.67. The van der Waals surface area contributed by atoms with Gasteiger partial charge in [-0.1, -0.05) is 0 Å². The number of anilines is 1. The molecule has 0 saturated heterocycles. The van der Waals surface area contributed by atoms with Crippen molar-refractivity contribution in [2.75, 3.05) is 11.9 Å². The highest BCUT2D eigenvalue weighted by atomic mass is 15.2. The van der Waals surface area contributed by atoms with E-state index < -0.39 is 0 Å². The first-order valence-corrected chi connectivity index (χ1v) is 6.01. The second kappa shape index (κ2) is 4.20. The second-order valence-corrected chi connectivity index (χ2v) is 4.67. The van der Waals surface area contributed by atoms with Gasteiger partial charge in [-0.25, -0.2) is 0 Å². The van der Waals surface area contributed by atoms with E-state index in [0.717, 1.165) is 23.9 Å². The fourth-order valence-corrected chi connectivity index (χ4v) is 1.87. The summed E-state index contributed by atoms with van der Waals surface area (Å²) in [7, 11) is 1.95. The summed E-state index contributed by atoms with van der Waals surface area (Å²) in [5.41, 5.74) is 2.28. The van der Waals surface area contributed by atoms with Crippen LogP contribution in [0.2, 0.25) is 0 Å². The number of hydrogen-bond donors (Lipinski definition) is 1. The molecule has 0 spiro atoms. The summed E-state index contributed by atoms with van der Waals surface area (Å²) in [6.45, 7) is 1.10. The zero-order chi connectivity index (χ0) is 11.7. The van der Waals surface area contributed by atoms with E-state index in [9.17, 15) is 0 Å². The van der Waals surface area contributed by atoms with Crippen molar-refractivity contribution >= 4 is 5.69 Å². The van der Waals surface area contributed by atoms with Crippen molar-refractivity contribution < 1.29 is 0 Å². The topological polar surface area (TPSA) is 42.7 Å². The van der Waals surface area contributed by atoms with Crippen LogP contribution < -0.4 is 5.32 Å². The van der Waals surface area contributed by atoms with Crippen LogP contribution in [0.4, 0.5) is 5.69 Å². The number of hydrogen-bond acceptors (Lipinski definition) is 3. The molecule has 0 aliphatic heterocycles. The molecule has 2 aromatic rings. The van der Waals surface area contributed by atoms with Crippen LogP contribution in [0.15, 0.2) is 30.6 Å². The molecule has 0 atom stereocenters. The van der Waals surface area contributed by atoms with Crippen LogP contribution in [0.5, 0.6) is 0 Å². The molecule has 4 nitrogen and oxygen atoms in total. The van der Waals surface area contributed by atoms with Gasteiger partial charge >= 0.3 is 0 Å². The molecule has 88 valence electrons. The smallest absolute Gasteiger partial charge is 0.163 e. The Kier molecular flexibility index (Phi) is 2.55. The van der Waals surface area contributed by atoms with Crippen LogP contribution >= 0.6 is 0 Å². The molecule has 3 rings (SSSR count). The monoisotopic (exact) mass is 228 g/mol. The van der Waals surface area contributed by atoms with E-state index in [1.54, 1.807) is 6.33 Å². The van der Waals surface area contributed by atoms with Gasteiger partial charge in [-0.15, -0.1) is 10.2 Å². The Morgan fingerprint density at radius 1 is 1.29 bits per heavy atom. The molecular weight excluding hydrogens is 212 g/mol. The highest BCUT2D eigenvalue weighted by Gasteiger charge is 2.20. The van der Waals surface area contributed by atoms with Gasteiger partial charge in [0.25, 0.3) is 0 Å². The molecule has 17 heavy (non-hydrogen) atoms. The zero-order valence-electron chi connectivity index (χ0n) is 9.93. The summed E-state index contributed by atoms with van der Waals surface area (Å²) in [5.74, 6) is 1.80. The number of aromatic nitrogens is 3. The first-order chi connectivity index (χ1) is 8.33. The molecule has 1 fully saturated rings. The number of nitrogens with one attached hydrogen (secondary N) is 1. The quantitative estimate of drug-likeness (QED) is 0.873. The maximum Gasteiger partial charge on any atom is 0.163 e. The molecule has 1 saturated carbocycles. The summed E-state index contributed by atoms with van der Waals surface area (Å²) in [6.07, 6.45) is 4.47. The van der Waals surface area contributed by atoms with E-state index in [1.165, 1.54) is 18.5 Å². The molecule has 4 heteroatoms. The summed E-state index contributed by atoms with van der Waals surface area (Å²) in [6, 6.07) is 8.37. The van der Waals surface area contributed by atoms with Crippen LogP contribution in [-0.4, -0.2) is 21.3 Å². The maximum atomic E-state index is 4.09. The SMILES string of the molecule is Cn1cnnc1-c1ccc(NCC2CC2)cc1. The van der Waals surface area contributed by atoms with Gasteiger partial charge in [0.05, 0.1) is 0 Å². The normalized spacial score (nSPS) is 14.9. The first kappa shape index (κ1) is 10.3. The average Bonchev–Trinajstić information content (AvgIpc) is 3.09. The minimum atomic E-state index is 0.897. The highest BCUT2D eigenvalue weighted by Crippen LogP contribution is 2.29. The van der Waals surface area contributed by atoms with E-state index in [-0.39, 0.29) is 0 Å². The van der Waals surface area contributed by atoms with Crippen LogP contribution in [-0.2, 0) is 7.05 Å². The fourth-order valence-electron chi connectivity index (χ4n) is 1.87. The predicted molar refractivity (Wildman–Crippen MR) is 67.7 cm³/mol. The van der Waals surface area contributed by atoms with Gasteiger partial charge in [0.15, 0.2) is 5.82 Å². The van der Waals surface area contributed by atoms with Crippen molar-refractivity contribution in [2.45, 2.75) is 12.8 Å². The van der Waals surface area contributed by atoms with Crippen molar-refractivity contribution in [3.05, 3.63) is 30.6 Å². The minimum absolute atomic E-state index is 0.897. The molecule has 1 aliphatic rings. The lowest BCUT2D eigenvalue weighted by molar-refractivity contribution is 0.889. The van der Waals surface area contributed by atoms with Gasteiger partial charge < -0.3 is 9.88 Å². The predicted octanol–water partition coefficient (Wildman–Crippen LogP) is 2.30. The Morgan fingerprint density at radius 3 is 2.65 bits per heavy atom. The minimum Gasteiger partial charge on any atom is -0.385 e. The average molecular weight is 228 g/mol. The van der Waals surface area contributed by atoms with Gasteiger partial charge in [0, 0.05) is 24.8 Å². The zero-order valence-corrected chi connectivity index (χ0v) is 9.93. The summed E-state index contributed by atoms with van der Waals surface area (Å²) >= 11 is 0. The fraction of sp³-hybridized carbons (Fsp3) is 0.385. The van der Waals surface area contributed by atoms with E-state index in [4.69, 9.17) is 0 Å². The van der Waals surface area contributed by atoms with Crippen LogP contribution in [0.3, 0.4) is 0 Å². The Labute approximate surface area is 101 Å². The summed E-state index contributed by atoms with van der Waals surface area (Å²) in [4.78, 5) is 0. The van der Waals surface area contributed by atoms with Gasteiger partial charge in [-0.3, -0.25) is 0 Å². The first-order valence-electron chi connectivity index (χ1n) is 6.01. The maximum absolute atomic E-state index is 4.09. The van der Waals surface area contributed by atoms with Crippen molar-refractivity contribution in [3.8, 4) is 11.4 Å². The third kappa shape index (κ3) is 2.30. The number of nitrogens with zero attached hydrogens (tertiary/aromatic N) is 3. The highest BCUT2D eigenvalue weighted by molar-refractivity contribution is 5.59. The molecule has 1 aromatic carbocycles. The largest absolute Gasteiger partial charge is 0.385 e. The Bertz CT molecular complexity index is 496. The Balaban J connectivity index is 1.72. The Hall–Kier alpha value is -1.84. The third-order valence-corrected chi connectivity index (χ3v) is 3.15. The number of benzene rings is 1. The van der Waals surface area contributed by atoms with E-state index in [1.807, 2.05) is 11.6 Å². The van der Waals surface area contributed by atoms with Crippen LogP contribution in [0.1, 0.15) is 12.8 Å². The van der Waals surface area contributed by atoms with Crippen LogP contribution in [0.25, 0.3) is 11.4 Å². The molecule has 1 N–H and O–H groups in total. The molecule has 1 heterocycles. The molecule has 1 aliphatic carbocycles. The lowest BCUT2D eigenvalue weighted by Gasteiger charge is -2.06. The van der Waals surface area contributed by atoms with Crippen molar-refractivity contribution in [2.24, 2.45) is 13.0 Å². The number of rotatable bonds is 4. The van der Waals surface area contributed by atoms with Crippen LogP contribution in [0, 0.1) is 5.92 Å². The molecule has 0 radical (unpaired) electrons. The Morgan fingerprint density at radius 2 is 2.06 bits per heavy atom. The molecular formula is C13H16N4. The lowest BCUT2D eigenvalue weighted by atomic mass is 10.2. The summed E-state index contributed by atoms with van der Waals surface area (Å²) in [5, 5.41) is 11.4. The lowest BCUT2D eigenvalue weighted by Crippen LogP contribution is -2.02. The number of aryl methyl sites for hydroxylation is 1. The van der Waals surface area contributed by atoms with E-state index in [2.05, 4.69) is 39.8 Å². The van der Waals surface area contributed by atoms with Gasteiger partial charge in [0.1, 0.15) is 6.33 Å². The van der Waals surface area contributed by atoms with Gasteiger partial charge in [-0.2, -0.15) is 0 Å². The standard InChI is InChI=1S/C13H16N4/c1-17-9-15-16-13(17)11-4-6-12(7-5-11)14-8-10-2-3-10/h4-7,9-10,14H,2-3,8H2,1H3. The van der Waals surface area contributed by atoms with E-state index in [0.29, 0.717) is 0 Å². The third-order valence-electron chi connectivity index (χ3n) is 3.15. The van der Waals surface area contributed by atoms with Crippen molar-refractivity contribution in [1.82, 2.24) is 14.8 Å². The van der Waals surface area contributed by atoms with Crippen molar-refractivity contribution in [3.63, 3.8) is 0 Å². The van der Waals surface area contributed by atoms with E-state index >= 15 is 0 Å². The van der Waals surface area contributed by atoms with Gasteiger partial charge in [-0.05, 0) is 43.0 Å². The summed E-state index contributed by atoms with van der Waals surface area (Å²) < 4.78 is 1.92. The molecule has 0 amide bonds. The molecule has 0 bridgehead atoms.